The second kappa shape index (κ2) is 5.47. The number of methoxy groups -OCH3 is 1. The van der Waals surface area contributed by atoms with E-state index in [0.29, 0.717) is 18.8 Å². The van der Waals surface area contributed by atoms with Crippen LogP contribution in [0.5, 0.6) is 5.75 Å². The van der Waals surface area contributed by atoms with Gasteiger partial charge >= 0.3 is 0 Å². The molecule has 0 radical (unpaired) electrons. The lowest BCUT2D eigenvalue weighted by Gasteiger charge is -2.28. The number of nitrogens with two attached hydrogens (primary N) is 1. The number of hydrogen-bond acceptors (Lipinski definition) is 3. The summed E-state index contributed by atoms with van der Waals surface area (Å²) in [4.78, 5) is 0. The molecule has 4 heteroatoms. The SMILES string of the molecule is COc1cccc(C(N)C2CCOCC2)c1F. The van der Waals surface area contributed by atoms with E-state index in [9.17, 15) is 4.39 Å². The van der Waals surface area contributed by atoms with E-state index in [0.717, 1.165) is 12.8 Å². The molecule has 0 amide bonds. The lowest BCUT2D eigenvalue weighted by Crippen LogP contribution is -2.28. The van der Waals surface area contributed by atoms with Gasteiger partial charge in [-0.3, -0.25) is 0 Å². The van der Waals surface area contributed by atoms with Crippen molar-refractivity contribution in [1.82, 2.24) is 0 Å². The average Bonchev–Trinajstić information content (AvgIpc) is 2.39. The summed E-state index contributed by atoms with van der Waals surface area (Å²) in [6.45, 7) is 1.42. The Balaban J connectivity index is 2.20. The Hall–Kier alpha value is -1.13. The lowest BCUT2D eigenvalue weighted by atomic mass is 9.87. The molecule has 0 aromatic heterocycles. The van der Waals surface area contributed by atoms with Crippen molar-refractivity contribution in [2.75, 3.05) is 20.3 Å². The Labute approximate surface area is 101 Å². The van der Waals surface area contributed by atoms with Crippen LogP contribution in [0.4, 0.5) is 4.39 Å². The summed E-state index contributed by atoms with van der Waals surface area (Å²) in [6, 6.07) is 4.83. The van der Waals surface area contributed by atoms with Crippen molar-refractivity contribution < 1.29 is 13.9 Å². The van der Waals surface area contributed by atoms with Crippen LogP contribution >= 0.6 is 0 Å². The zero-order valence-corrected chi connectivity index (χ0v) is 9.99. The second-order valence-corrected chi connectivity index (χ2v) is 4.34. The molecule has 1 aliphatic rings. The van der Waals surface area contributed by atoms with Crippen LogP contribution < -0.4 is 10.5 Å². The molecule has 2 N–H and O–H groups in total. The monoisotopic (exact) mass is 239 g/mol. The van der Waals surface area contributed by atoms with Crippen molar-refractivity contribution in [3.63, 3.8) is 0 Å². The van der Waals surface area contributed by atoms with Crippen molar-refractivity contribution in [2.45, 2.75) is 18.9 Å². The van der Waals surface area contributed by atoms with Crippen LogP contribution in [0.1, 0.15) is 24.4 Å². The summed E-state index contributed by atoms with van der Waals surface area (Å²) in [5, 5.41) is 0. The van der Waals surface area contributed by atoms with Crippen molar-refractivity contribution in [1.29, 1.82) is 0 Å². The van der Waals surface area contributed by atoms with Gasteiger partial charge in [0.25, 0.3) is 0 Å². The average molecular weight is 239 g/mol. The lowest BCUT2D eigenvalue weighted by molar-refractivity contribution is 0.0579. The van der Waals surface area contributed by atoms with E-state index in [-0.39, 0.29) is 23.5 Å². The first kappa shape index (κ1) is 12.3. The fraction of sp³-hybridized carbons (Fsp3) is 0.538. The van der Waals surface area contributed by atoms with Crippen molar-refractivity contribution >= 4 is 0 Å². The summed E-state index contributed by atoms with van der Waals surface area (Å²) < 4.78 is 24.3. The molecule has 94 valence electrons. The maximum absolute atomic E-state index is 14.0. The van der Waals surface area contributed by atoms with Gasteiger partial charge in [0.15, 0.2) is 11.6 Å². The molecule has 1 aromatic carbocycles. The molecular formula is C13H18FNO2. The molecule has 1 atom stereocenters. The van der Waals surface area contributed by atoms with Crippen LogP contribution in [0.15, 0.2) is 18.2 Å². The minimum Gasteiger partial charge on any atom is -0.494 e. The molecule has 1 aliphatic heterocycles. The summed E-state index contributed by atoms with van der Waals surface area (Å²) in [5.41, 5.74) is 6.68. The number of halogens is 1. The molecule has 2 rings (SSSR count). The Morgan fingerprint density at radius 2 is 2.12 bits per heavy atom. The number of rotatable bonds is 3. The molecule has 0 aliphatic carbocycles. The number of benzene rings is 1. The summed E-state index contributed by atoms with van der Waals surface area (Å²) in [5.74, 6) is 0.198. The highest BCUT2D eigenvalue weighted by molar-refractivity contribution is 5.33. The molecule has 0 bridgehead atoms. The van der Waals surface area contributed by atoms with Gasteiger partial charge in [-0.15, -0.1) is 0 Å². The van der Waals surface area contributed by atoms with E-state index in [1.165, 1.54) is 7.11 Å². The first-order valence-electron chi connectivity index (χ1n) is 5.89. The zero-order chi connectivity index (χ0) is 12.3. The van der Waals surface area contributed by atoms with Gasteiger partial charge in [0.2, 0.25) is 0 Å². The minimum absolute atomic E-state index is 0.255. The second-order valence-electron chi connectivity index (χ2n) is 4.34. The Morgan fingerprint density at radius 1 is 1.41 bits per heavy atom. The third kappa shape index (κ3) is 2.58. The fourth-order valence-corrected chi connectivity index (χ4v) is 2.27. The van der Waals surface area contributed by atoms with Crippen LogP contribution in [0, 0.1) is 11.7 Å². The summed E-state index contributed by atoms with van der Waals surface area (Å²) >= 11 is 0. The van der Waals surface area contributed by atoms with Crippen LogP contribution in [0.3, 0.4) is 0 Å². The highest BCUT2D eigenvalue weighted by Gasteiger charge is 2.25. The predicted octanol–water partition coefficient (Wildman–Crippen LogP) is 2.26. The highest BCUT2D eigenvalue weighted by atomic mass is 19.1. The van der Waals surface area contributed by atoms with E-state index < -0.39 is 0 Å². The Morgan fingerprint density at radius 3 is 2.76 bits per heavy atom. The maximum Gasteiger partial charge on any atom is 0.169 e. The molecule has 1 unspecified atom stereocenters. The number of ether oxygens (including phenoxy) is 2. The largest absolute Gasteiger partial charge is 0.494 e. The van der Waals surface area contributed by atoms with Crippen molar-refractivity contribution in [2.24, 2.45) is 11.7 Å². The normalized spacial score (nSPS) is 19.0. The quantitative estimate of drug-likeness (QED) is 0.880. The smallest absolute Gasteiger partial charge is 0.169 e. The van der Waals surface area contributed by atoms with Crippen LogP contribution in [-0.2, 0) is 4.74 Å². The molecule has 0 saturated carbocycles. The van der Waals surface area contributed by atoms with E-state index in [4.69, 9.17) is 15.2 Å². The molecule has 1 fully saturated rings. The molecule has 1 saturated heterocycles. The van der Waals surface area contributed by atoms with E-state index >= 15 is 0 Å². The van der Waals surface area contributed by atoms with Crippen molar-refractivity contribution in [3.05, 3.63) is 29.6 Å². The molecule has 17 heavy (non-hydrogen) atoms. The van der Waals surface area contributed by atoms with Gasteiger partial charge < -0.3 is 15.2 Å². The van der Waals surface area contributed by atoms with Crippen LogP contribution in [-0.4, -0.2) is 20.3 Å². The minimum atomic E-state index is -0.339. The van der Waals surface area contributed by atoms with Gasteiger partial charge in [0.05, 0.1) is 7.11 Å². The third-order valence-corrected chi connectivity index (χ3v) is 3.35. The Kier molecular flexibility index (Phi) is 3.97. The standard InChI is InChI=1S/C13H18FNO2/c1-16-11-4-2-3-10(12(11)14)13(15)9-5-7-17-8-6-9/h2-4,9,13H,5-8,15H2,1H3. The first-order valence-corrected chi connectivity index (χ1v) is 5.89. The van der Waals surface area contributed by atoms with E-state index in [1.54, 1.807) is 18.2 Å². The maximum atomic E-state index is 14.0. The first-order chi connectivity index (χ1) is 8.24. The molecular weight excluding hydrogens is 221 g/mol. The summed E-state index contributed by atoms with van der Waals surface area (Å²) in [6.07, 6.45) is 1.77. The van der Waals surface area contributed by atoms with Crippen LogP contribution in [0.2, 0.25) is 0 Å². The molecule has 1 aromatic rings. The van der Waals surface area contributed by atoms with E-state index in [2.05, 4.69) is 0 Å². The predicted molar refractivity (Wildman–Crippen MR) is 63.4 cm³/mol. The third-order valence-electron chi connectivity index (χ3n) is 3.35. The van der Waals surface area contributed by atoms with Gasteiger partial charge in [0.1, 0.15) is 0 Å². The zero-order valence-electron chi connectivity index (χ0n) is 9.99. The summed E-state index contributed by atoms with van der Waals surface area (Å²) in [7, 11) is 1.46. The van der Waals surface area contributed by atoms with Gasteiger partial charge in [-0.1, -0.05) is 12.1 Å². The number of hydrogen-bond donors (Lipinski definition) is 1. The van der Waals surface area contributed by atoms with Gasteiger partial charge in [-0.05, 0) is 24.8 Å². The molecule has 3 nitrogen and oxygen atoms in total. The fourth-order valence-electron chi connectivity index (χ4n) is 2.27. The van der Waals surface area contributed by atoms with Crippen LogP contribution in [0.25, 0.3) is 0 Å². The topological polar surface area (TPSA) is 44.5 Å². The van der Waals surface area contributed by atoms with E-state index in [1.807, 2.05) is 0 Å². The highest BCUT2D eigenvalue weighted by Crippen LogP contribution is 2.32. The molecule has 0 spiro atoms. The van der Waals surface area contributed by atoms with Gasteiger partial charge in [0, 0.05) is 24.8 Å². The van der Waals surface area contributed by atoms with Gasteiger partial charge in [-0.2, -0.15) is 0 Å². The Bertz CT molecular complexity index is 378. The van der Waals surface area contributed by atoms with Crippen molar-refractivity contribution in [3.8, 4) is 5.75 Å². The van der Waals surface area contributed by atoms with Gasteiger partial charge in [-0.25, -0.2) is 4.39 Å². The molecule has 1 heterocycles.